The van der Waals surface area contributed by atoms with Crippen molar-refractivity contribution in [1.82, 2.24) is 10.2 Å². The third kappa shape index (κ3) is 3.55. The van der Waals surface area contributed by atoms with Gasteiger partial charge in [0, 0.05) is 43.3 Å². The van der Waals surface area contributed by atoms with Crippen LogP contribution in [0.1, 0.15) is 16.7 Å². The Hall–Kier alpha value is -1.57. The van der Waals surface area contributed by atoms with Gasteiger partial charge in [-0.3, -0.25) is 4.90 Å². The number of hydrogen-bond donors (Lipinski definition) is 3. The molecular formula is C13H20BN5O2. The summed E-state index contributed by atoms with van der Waals surface area (Å²) in [6.07, 6.45) is 0. The molecule has 1 fully saturated rings. The molecule has 1 saturated heterocycles. The third-order valence-electron chi connectivity index (χ3n) is 4.00. The van der Waals surface area contributed by atoms with Crippen molar-refractivity contribution < 1.29 is 10.0 Å². The monoisotopic (exact) mass is 289 g/mol. The van der Waals surface area contributed by atoms with Crippen molar-refractivity contribution in [2.24, 2.45) is 5.11 Å². The van der Waals surface area contributed by atoms with E-state index in [9.17, 15) is 10.0 Å². The predicted octanol–water partition coefficient (Wildman–Crippen LogP) is 0.330. The predicted molar refractivity (Wildman–Crippen MR) is 82.7 cm³/mol. The van der Waals surface area contributed by atoms with Gasteiger partial charge in [-0.15, -0.1) is 0 Å². The summed E-state index contributed by atoms with van der Waals surface area (Å²) in [7, 11) is -1.57. The first kappa shape index (κ1) is 15.8. The molecule has 21 heavy (non-hydrogen) atoms. The zero-order valence-electron chi connectivity index (χ0n) is 12.4. The molecule has 1 heterocycles. The molecule has 0 aromatic heterocycles. The van der Waals surface area contributed by atoms with Crippen LogP contribution in [0.15, 0.2) is 11.2 Å². The van der Waals surface area contributed by atoms with Gasteiger partial charge in [0.2, 0.25) is 0 Å². The summed E-state index contributed by atoms with van der Waals surface area (Å²) >= 11 is 0. The Morgan fingerprint density at radius 1 is 1.33 bits per heavy atom. The quantitative estimate of drug-likeness (QED) is 0.321. The van der Waals surface area contributed by atoms with Crippen LogP contribution >= 0.6 is 0 Å². The minimum Gasteiger partial charge on any atom is -0.423 e. The first-order valence-corrected chi connectivity index (χ1v) is 7.02. The second-order valence-corrected chi connectivity index (χ2v) is 5.31. The molecule has 1 aromatic rings. The molecule has 112 valence electrons. The maximum Gasteiger partial charge on any atom is 0.488 e. The first-order chi connectivity index (χ1) is 10.0. The summed E-state index contributed by atoms with van der Waals surface area (Å²) in [5.74, 6) is 0. The molecular weight excluding hydrogens is 269 g/mol. The minimum atomic E-state index is -1.57. The maximum absolute atomic E-state index is 9.61. The van der Waals surface area contributed by atoms with E-state index in [1.54, 1.807) is 6.92 Å². The summed E-state index contributed by atoms with van der Waals surface area (Å²) in [6.45, 7) is 8.11. The maximum atomic E-state index is 9.61. The van der Waals surface area contributed by atoms with Crippen molar-refractivity contribution in [3.05, 3.63) is 33.2 Å². The van der Waals surface area contributed by atoms with Crippen LogP contribution < -0.4 is 10.8 Å². The van der Waals surface area contributed by atoms with Crippen LogP contribution in [-0.2, 0) is 6.54 Å². The second kappa shape index (κ2) is 6.93. The van der Waals surface area contributed by atoms with Crippen LogP contribution in [0.5, 0.6) is 0 Å². The van der Waals surface area contributed by atoms with Gasteiger partial charge in [-0.1, -0.05) is 5.11 Å². The lowest BCUT2D eigenvalue weighted by molar-refractivity contribution is 0.233. The van der Waals surface area contributed by atoms with E-state index in [-0.39, 0.29) is 0 Å². The molecule has 3 N–H and O–H groups in total. The number of nitrogens with one attached hydrogen (secondary N) is 1. The Kier molecular flexibility index (Phi) is 5.22. The van der Waals surface area contributed by atoms with E-state index in [0.717, 1.165) is 37.3 Å². The molecule has 7 nitrogen and oxygen atoms in total. The van der Waals surface area contributed by atoms with E-state index in [0.29, 0.717) is 23.3 Å². The smallest absolute Gasteiger partial charge is 0.423 e. The van der Waals surface area contributed by atoms with E-state index in [2.05, 4.69) is 20.2 Å². The van der Waals surface area contributed by atoms with Gasteiger partial charge in [-0.2, -0.15) is 0 Å². The van der Waals surface area contributed by atoms with Crippen molar-refractivity contribution in [1.29, 1.82) is 0 Å². The number of azide groups is 1. The number of piperazine rings is 1. The van der Waals surface area contributed by atoms with E-state index < -0.39 is 7.12 Å². The minimum absolute atomic E-state index is 0.435. The molecule has 0 radical (unpaired) electrons. The fourth-order valence-corrected chi connectivity index (χ4v) is 2.79. The summed E-state index contributed by atoms with van der Waals surface area (Å²) in [5.41, 5.74) is 12.0. The fourth-order valence-electron chi connectivity index (χ4n) is 2.79. The lowest BCUT2D eigenvalue weighted by Crippen LogP contribution is -2.43. The largest absolute Gasteiger partial charge is 0.488 e. The van der Waals surface area contributed by atoms with Gasteiger partial charge in [0.25, 0.3) is 0 Å². The van der Waals surface area contributed by atoms with Crippen molar-refractivity contribution in [3.8, 4) is 0 Å². The summed E-state index contributed by atoms with van der Waals surface area (Å²) in [5, 5.41) is 26.2. The third-order valence-corrected chi connectivity index (χ3v) is 4.00. The van der Waals surface area contributed by atoms with Crippen molar-refractivity contribution >= 4 is 18.3 Å². The van der Waals surface area contributed by atoms with Gasteiger partial charge in [0.15, 0.2) is 0 Å². The molecule has 0 bridgehead atoms. The molecule has 0 aliphatic carbocycles. The number of benzene rings is 1. The van der Waals surface area contributed by atoms with E-state index >= 15 is 0 Å². The summed E-state index contributed by atoms with van der Waals surface area (Å²) in [6, 6.07) is 1.85. The zero-order valence-corrected chi connectivity index (χ0v) is 12.4. The Balaban J connectivity index is 2.41. The number of hydrogen-bond acceptors (Lipinski definition) is 5. The normalized spacial score (nSPS) is 15.6. The molecule has 1 aromatic carbocycles. The lowest BCUT2D eigenvalue weighted by atomic mass is 9.72. The average molecular weight is 289 g/mol. The van der Waals surface area contributed by atoms with E-state index in [4.69, 9.17) is 5.53 Å². The highest BCUT2D eigenvalue weighted by Gasteiger charge is 2.22. The molecule has 0 amide bonds. The van der Waals surface area contributed by atoms with Gasteiger partial charge in [0.05, 0.1) is 0 Å². The van der Waals surface area contributed by atoms with Gasteiger partial charge in [0.1, 0.15) is 0 Å². The SMILES string of the molecule is Cc1c(CN2CCNCC2)cc(N=[N+]=[N-])c(C)c1B(O)O. The highest BCUT2D eigenvalue weighted by atomic mass is 16.4. The Bertz CT molecular complexity index is 566. The van der Waals surface area contributed by atoms with Gasteiger partial charge in [-0.25, -0.2) is 0 Å². The molecule has 8 heteroatoms. The van der Waals surface area contributed by atoms with Crippen LogP contribution in [0.25, 0.3) is 10.4 Å². The van der Waals surface area contributed by atoms with Gasteiger partial charge >= 0.3 is 7.12 Å². The van der Waals surface area contributed by atoms with E-state index in [1.165, 1.54) is 0 Å². The second-order valence-electron chi connectivity index (χ2n) is 5.31. The van der Waals surface area contributed by atoms with Crippen molar-refractivity contribution in [2.45, 2.75) is 20.4 Å². The van der Waals surface area contributed by atoms with Crippen LogP contribution in [-0.4, -0.2) is 48.2 Å². The van der Waals surface area contributed by atoms with Crippen LogP contribution in [0.4, 0.5) is 5.69 Å². The van der Waals surface area contributed by atoms with Crippen molar-refractivity contribution in [3.63, 3.8) is 0 Å². The van der Waals surface area contributed by atoms with Crippen LogP contribution in [0, 0.1) is 13.8 Å². The zero-order chi connectivity index (χ0) is 15.4. The Morgan fingerprint density at radius 3 is 2.57 bits per heavy atom. The molecule has 0 atom stereocenters. The summed E-state index contributed by atoms with van der Waals surface area (Å²) in [4.78, 5) is 5.12. The number of rotatable bonds is 4. The Labute approximate surface area is 124 Å². The van der Waals surface area contributed by atoms with Gasteiger partial charge < -0.3 is 15.4 Å². The highest BCUT2D eigenvalue weighted by molar-refractivity contribution is 6.60. The topological polar surface area (TPSA) is 104 Å². The summed E-state index contributed by atoms with van der Waals surface area (Å²) < 4.78 is 0. The molecule has 1 aliphatic rings. The van der Waals surface area contributed by atoms with Crippen molar-refractivity contribution in [2.75, 3.05) is 26.2 Å². The van der Waals surface area contributed by atoms with Crippen LogP contribution in [0.2, 0.25) is 0 Å². The molecule has 0 saturated carbocycles. The first-order valence-electron chi connectivity index (χ1n) is 7.02. The molecule has 0 spiro atoms. The molecule has 1 aliphatic heterocycles. The molecule has 2 rings (SSSR count). The highest BCUT2D eigenvalue weighted by Crippen LogP contribution is 2.23. The lowest BCUT2D eigenvalue weighted by Gasteiger charge is -2.28. The van der Waals surface area contributed by atoms with E-state index in [1.807, 2.05) is 13.0 Å². The van der Waals surface area contributed by atoms with Gasteiger partial charge in [-0.05, 0) is 47.6 Å². The fraction of sp³-hybridized carbons (Fsp3) is 0.538. The average Bonchev–Trinajstić information content (AvgIpc) is 2.45. The number of nitrogens with zero attached hydrogens (tertiary/aromatic N) is 4. The standard InChI is InChI=1S/C13H20BN5O2/c1-9-11(8-19-5-3-16-4-6-19)7-12(17-18-15)10(2)13(9)14(20)21/h7,16,20-21H,3-6,8H2,1-2H3. The Morgan fingerprint density at radius 2 is 2.00 bits per heavy atom. The van der Waals surface area contributed by atoms with Crippen LogP contribution in [0.3, 0.4) is 0 Å². The molecule has 0 unspecified atom stereocenters.